The van der Waals surface area contributed by atoms with Crippen LogP contribution in [0.2, 0.25) is 0 Å². The van der Waals surface area contributed by atoms with E-state index in [2.05, 4.69) is 5.32 Å². The molecule has 0 heterocycles. The van der Waals surface area contributed by atoms with Crippen molar-refractivity contribution in [3.63, 3.8) is 0 Å². The van der Waals surface area contributed by atoms with Crippen molar-refractivity contribution in [3.8, 4) is 0 Å². The Kier molecular flexibility index (Phi) is 7.53. The van der Waals surface area contributed by atoms with Crippen LogP contribution in [-0.4, -0.2) is 40.1 Å². The Morgan fingerprint density at radius 2 is 1.41 bits per heavy atom. The van der Waals surface area contributed by atoms with Gasteiger partial charge in [-0.3, -0.25) is 4.79 Å². The predicted molar refractivity (Wildman–Crippen MR) is 111 cm³/mol. The number of hydrogen-bond donors (Lipinski definition) is 2. The van der Waals surface area contributed by atoms with Gasteiger partial charge in [-0.1, -0.05) is 26.0 Å². The highest BCUT2D eigenvalue weighted by molar-refractivity contribution is 7.89. The molecule has 1 amide bonds. The standard InChI is InChI=1S/C19H25N3O5S2/c1-3-22(4-2)29(26,27)18-12-8-16(9-13-18)21-19(23)14-7-15-5-10-17(11-6-15)28(20,24)25/h5-6,8-13H,3-4,7,14H2,1-2H3,(H,21,23)(H2,20,24,25). The third-order valence-electron chi connectivity index (χ3n) is 4.37. The van der Waals surface area contributed by atoms with E-state index < -0.39 is 20.0 Å². The minimum atomic E-state index is -3.74. The molecule has 158 valence electrons. The van der Waals surface area contributed by atoms with Gasteiger partial charge in [0.2, 0.25) is 26.0 Å². The lowest BCUT2D eigenvalue weighted by Crippen LogP contribution is -2.30. The molecule has 0 aliphatic rings. The van der Waals surface area contributed by atoms with Crippen molar-refractivity contribution in [3.05, 3.63) is 54.1 Å². The highest BCUT2D eigenvalue weighted by Crippen LogP contribution is 2.18. The number of nitrogens with one attached hydrogen (secondary N) is 1. The van der Waals surface area contributed by atoms with E-state index in [-0.39, 0.29) is 22.1 Å². The lowest BCUT2D eigenvalue weighted by Gasteiger charge is -2.18. The van der Waals surface area contributed by atoms with E-state index in [9.17, 15) is 21.6 Å². The number of benzene rings is 2. The Morgan fingerprint density at radius 3 is 1.90 bits per heavy atom. The molecule has 29 heavy (non-hydrogen) atoms. The van der Waals surface area contributed by atoms with Crippen molar-refractivity contribution < 1.29 is 21.6 Å². The summed E-state index contributed by atoms with van der Waals surface area (Å²) < 4.78 is 48.8. The summed E-state index contributed by atoms with van der Waals surface area (Å²) in [6.45, 7) is 4.32. The zero-order valence-corrected chi connectivity index (χ0v) is 18.0. The first-order valence-corrected chi connectivity index (χ1v) is 12.1. The summed E-state index contributed by atoms with van der Waals surface area (Å²) in [5.41, 5.74) is 1.30. The third kappa shape index (κ3) is 6.10. The lowest BCUT2D eigenvalue weighted by molar-refractivity contribution is -0.116. The van der Waals surface area contributed by atoms with Crippen molar-refractivity contribution >= 4 is 31.6 Å². The molecule has 0 atom stereocenters. The van der Waals surface area contributed by atoms with Crippen molar-refractivity contribution in [2.75, 3.05) is 18.4 Å². The molecule has 10 heteroatoms. The van der Waals surface area contributed by atoms with Crippen LogP contribution in [0.15, 0.2) is 58.3 Å². The Bertz CT molecular complexity index is 1040. The van der Waals surface area contributed by atoms with Crippen LogP contribution >= 0.6 is 0 Å². The maximum atomic E-state index is 12.5. The molecule has 0 fully saturated rings. The normalized spacial score (nSPS) is 12.1. The number of amides is 1. The molecule has 0 spiro atoms. The number of carbonyl (C=O) groups is 1. The van der Waals surface area contributed by atoms with Crippen LogP contribution in [0.1, 0.15) is 25.8 Å². The molecule has 8 nitrogen and oxygen atoms in total. The zero-order chi connectivity index (χ0) is 21.7. The van der Waals surface area contributed by atoms with Crippen LogP contribution in [0.5, 0.6) is 0 Å². The highest BCUT2D eigenvalue weighted by atomic mass is 32.2. The minimum absolute atomic E-state index is 0.0189. The Morgan fingerprint density at radius 1 is 0.897 bits per heavy atom. The van der Waals surface area contributed by atoms with Gasteiger partial charge in [-0.15, -0.1) is 0 Å². The average molecular weight is 440 g/mol. The Labute approximate surface area is 171 Å². The largest absolute Gasteiger partial charge is 0.326 e. The molecule has 0 aromatic heterocycles. The maximum Gasteiger partial charge on any atom is 0.243 e. The summed E-state index contributed by atoms with van der Waals surface area (Å²) in [4.78, 5) is 12.3. The molecule has 0 saturated heterocycles. The van der Waals surface area contributed by atoms with Crippen LogP contribution in [0.3, 0.4) is 0 Å². The van der Waals surface area contributed by atoms with Gasteiger partial charge in [0.05, 0.1) is 9.79 Å². The number of primary sulfonamides is 1. The van der Waals surface area contributed by atoms with E-state index in [0.29, 0.717) is 25.2 Å². The van der Waals surface area contributed by atoms with Crippen molar-refractivity contribution in [1.29, 1.82) is 0 Å². The molecule has 0 unspecified atom stereocenters. The quantitative estimate of drug-likeness (QED) is 0.617. The number of nitrogens with zero attached hydrogens (tertiary/aromatic N) is 1. The van der Waals surface area contributed by atoms with Crippen LogP contribution < -0.4 is 10.5 Å². The fourth-order valence-electron chi connectivity index (χ4n) is 2.75. The van der Waals surface area contributed by atoms with Gasteiger partial charge >= 0.3 is 0 Å². The molecule has 0 saturated carbocycles. The van der Waals surface area contributed by atoms with E-state index in [1.54, 1.807) is 38.1 Å². The Hall–Kier alpha value is -2.27. The van der Waals surface area contributed by atoms with Gasteiger partial charge in [0.1, 0.15) is 0 Å². The first kappa shape index (κ1) is 23.0. The number of sulfonamides is 2. The second kappa shape index (κ2) is 9.49. The molecule has 3 N–H and O–H groups in total. The van der Waals surface area contributed by atoms with Crippen LogP contribution in [0.25, 0.3) is 0 Å². The number of rotatable bonds is 9. The first-order valence-electron chi connectivity index (χ1n) is 9.09. The van der Waals surface area contributed by atoms with Gasteiger partial charge in [-0.05, 0) is 48.4 Å². The van der Waals surface area contributed by atoms with Crippen molar-refractivity contribution in [2.45, 2.75) is 36.5 Å². The fraction of sp³-hybridized carbons (Fsp3) is 0.316. The smallest absolute Gasteiger partial charge is 0.243 e. The molecular formula is C19H25N3O5S2. The first-order chi connectivity index (χ1) is 13.6. The van der Waals surface area contributed by atoms with Crippen LogP contribution in [-0.2, 0) is 31.3 Å². The highest BCUT2D eigenvalue weighted by Gasteiger charge is 2.21. The molecule has 2 rings (SSSR count). The number of carbonyl (C=O) groups excluding carboxylic acids is 1. The summed E-state index contributed by atoms with van der Waals surface area (Å²) in [6.07, 6.45) is 0.610. The molecule has 0 aliphatic carbocycles. The Balaban J connectivity index is 1.96. The van der Waals surface area contributed by atoms with Crippen LogP contribution in [0, 0.1) is 0 Å². The van der Waals surface area contributed by atoms with Gasteiger partial charge in [0.25, 0.3) is 0 Å². The predicted octanol–water partition coefficient (Wildman–Crippen LogP) is 1.94. The fourth-order valence-corrected chi connectivity index (χ4v) is 4.72. The molecular weight excluding hydrogens is 414 g/mol. The molecule has 0 bridgehead atoms. The number of hydrogen-bond acceptors (Lipinski definition) is 5. The third-order valence-corrected chi connectivity index (χ3v) is 7.37. The molecule has 0 radical (unpaired) electrons. The van der Waals surface area contributed by atoms with Crippen molar-refractivity contribution in [2.24, 2.45) is 5.14 Å². The van der Waals surface area contributed by atoms with Crippen molar-refractivity contribution in [1.82, 2.24) is 4.31 Å². The minimum Gasteiger partial charge on any atom is -0.326 e. The van der Waals surface area contributed by atoms with Gasteiger partial charge in [0.15, 0.2) is 0 Å². The summed E-state index contributed by atoms with van der Waals surface area (Å²) in [5, 5.41) is 7.77. The number of aryl methyl sites for hydroxylation is 1. The van der Waals surface area contributed by atoms with E-state index >= 15 is 0 Å². The maximum absolute atomic E-state index is 12.5. The monoisotopic (exact) mass is 439 g/mol. The van der Waals surface area contributed by atoms with E-state index in [4.69, 9.17) is 5.14 Å². The van der Waals surface area contributed by atoms with Gasteiger partial charge in [0, 0.05) is 25.2 Å². The second-order valence-corrected chi connectivity index (χ2v) is 9.85. The van der Waals surface area contributed by atoms with E-state index in [1.807, 2.05) is 0 Å². The topological polar surface area (TPSA) is 127 Å². The summed E-state index contributed by atoms with van der Waals surface area (Å²) in [5.74, 6) is -0.236. The molecule has 2 aromatic carbocycles. The van der Waals surface area contributed by atoms with Gasteiger partial charge < -0.3 is 5.32 Å². The van der Waals surface area contributed by atoms with Gasteiger partial charge in [-0.2, -0.15) is 4.31 Å². The van der Waals surface area contributed by atoms with Gasteiger partial charge in [-0.25, -0.2) is 22.0 Å². The van der Waals surface area contributed by atoms with E-state index in [1.165, 1.54) is 28.6 Å². The van der Waals surface area contributed by atoms with E-state index in [0.717, 1.165) is 5.56 Å². The average Bonchev–Trinajstić information content (AvgIpc) is 2.67. The summed E-state index contributed by atoms with van der Waals surface area (Å²) in [6, 6.07) is 12.1. The summed E-state index contributed by atoms with van der Waals surface area (Å²) >= 11 is 0. The zero-order valence-electron chi connectivity index (χ0n) is 16.3. The summed E-state index contributed by atoms with van der Waals surface area (Å²) in [7, 11) is -7.28. The van der Waals surface area contributed by atoms with Crippen LogP contribution in [0.4, 0.5) is 5.69 Å². The number of nitrogens with two attached hydrogens (primary N) is 1. The SMILES string of the molecule is CCN(CC)S(=O)(=O)c1ccc(NC(=O)CCc2ccc(S(N)(=O)=O)cc2)cc1. The molecule has 2 aromatic rings. The molecule has 0 aliphatic heterocycles. The lowest BCUT2D eigenvalue weighted by atomic mass is 10.1. The number of anilines is 1. The second-order valence-electron chi connectivity index (χ2n) is 6.35.